The molecule has 3 heteroatoms. The molecule has 0 aliphatic heterocycles. The molecule has 0 bridgehead atoms. The number of fused-ring (bicyclic) bond motifs is 2. The van der Waals surface area contributed by atoms with Crippen LogP contribution in [0.5, 0.6) is 0 Å². The minimum atomic E-state index is 0.915. The highest BCUT2D eigenvalue weighted by Gasteiger charge is 1.98. The lowest BCUT2D eigenvalue weighted by molar-refractivity contribution is 1.12. The standard InChI is InChI=1S/C10H7N3/c1-2-4-8-7(3-1)5-9-10(12-8)6-11-13-9/h1-6H,(H,11,13). The lowest BCUT2D eigenvalue weighted by Crippen LogP contribution is -1.78. The number of aromatic amines is 1. The van der Waals surface area contributed by atoms with Gasteiger partial charge in [0.15, 0.2) is 0 Å². The fourth-order valence-corrected chi connectivity index (χ4v) is 1.48. The number of para-hydroxylation sites is 1. The van der Waals surface area contributed by atoms with Crippen LogP contribution in [0.25, 0.3) is 21.9 Å². The Morgan fingerprint density at radius 2 is 2.00 bits per heavy atom. The van der Waals surface area contributed by atoms with Crippen molar-refractivity contribution in [2.45, 2.75) is 0 Å². The van der Waals surface area contributed by atoms with Crippen LogP contribution in [0, 0.1) is 0 Å². The van der Waals surface area contributed by atoms with E-state index in [-0.39, 0.29) is 0 Å². The van der Waals surface area contributed by atoms with Gasteiger partial charge in [-0.2, -0.15) is 5.10 Å². The number of nitrogens with zero attached hydrogens (tertiary/aromatic N) is 2. The second-order valence-electron chi connectivity index (χ2n) is 2.98. The first-order valence-electron chi connectivity index (χ1n) is 4.12. The molecule has 62 valence electrons. The maximum absolute atomic E-state index is 4.44. The highest BCUT2D eigenvalue weighted by molar-refractivity contribution is 5.90. The molecule has 0 spiro atoms. The molecule has 0 saturated heterocycles. The molecule has 3 nitrogen and oxygen atoms in total. The Kier molecular flexibility index (Phi) is 1.16. The molecule has 3 aromatic rings. The number of pyridine rings is 1. The van der Waals surface area contributed by atoms with Crippen molar-refractivity contribution in [2.75, 3.05) is 0 Å². The van der Waals surface area contributed by atoms with Crippen molar-refractivity contribution in [3.05, 3.63) is 36.5 Å². The van der Waals surface area contributed by atoms with Crippen molar-refractivity contribution >= 4 is 21.9 Å². The third-order valence-corrected chi connectivity index (χ3v) is 2.13. The molecular weight excluding hydrogens is 162 g/mol. The zero-order valence-electron chi connectivity index (χ0n) is 6.86. The predicted molar refractivity (Wildman–Crippen MR) is 51.4 cm³/mol. The number of benzene rings is 1. The van der Waals surface area contributed by atoms with Gasteiger partial charge in [0.2, 0.25) is 0 Å². The van der Waals surface area contributed by atoms with E-state index in [1.165, 1.54) is 0 Å². The lowest BCUT2D eigenvalue weighted by Gasteiger charge is -1.95. The minimum Gasteiger partial charge on any atom is -0.276 e. The van der Waals surface area contributed by atoms with E-state index >= 15 is 0 Å². The molecule has 2 aromatic heterocycles. The average molecular weight is 169 g/mol. The van der Waals surface area contributed by atoms with E-state index in [0.717, 1.165) is 21.9 Å². The number of rotatable bonds is 0. The van der Waals surface area contributed by atoms with Crippen molar-refractivity contribution in [1.82, 2.24) is 15.2 Å². The van der Waals surface area contributed by atoms with Gasteiger partial charge in [0.05, 0.1) is 17.2 Å². The fraction of sp³-hybridized carbons (Fsp3) is 0. The Morgan fingerprint density at radius 1 is 1.08 bits per heavy atom. The fourth-order valence-electron chi connectivity index (χ4n) is 1.48. The van der Waals surface area contributed by atoms with E-state index in [4.69, 9.17) is 0 Å². The summed E-state index contributed by atoms with van der Waals surface area (Å²) >= 11 is 0. The second-order valence-corrected chi connectivity index (χ2v) is 2.98. The van der Waals surface area contributed by atoms with Crippen LogP contribution in [0.4, 0.5) is 0 Å². The molecule has 3 rings (SSSR count). The molecule has 0 saturated carbocycles. The number of nitrogens with one attached hydrogen (secondary N) is 1. The summed E-state index contributed by atoms with van der Waals surface area (Å²) in [6.45, 7) is 0. The van der Waals surface area contributed by atoms with Gasteiger partial charge in [0.25, 0.3) is 0 Å². The summed E-state index contributed by atoms with van der Waals surface area (Å²) in [7, 11) is 0. The SMILES string of the molecule is c1ccc2nc3cn[nH]c3cc2c1. The van der Waals surface area contributed by atoms with Crippen molar-refractivity contribution in [1.29, 1.82) is 0 Å². The Hall–Kier alpha value is -1.90. The molecule has 2 heterocycles. The average Bonchev–Trinajstić information content (AvgIpc) is 2.61. The summed E-state index contributed by atoms with van der Waals surface area (Å²) in [4.78, 5) is 4.44. The van der Waals surface area contributed by atoms with E-state index < -0.39 is 0 Å². The number of hydrogen-bond donors (Lipinski definition) is 1. The molecule has 0 aliphatic carbocycles. The van der Waals surface area contributed by atoms with E-state index in [2.05, 4.69) is 21.2 Å². The smallest absolute Gasteiger partial charge is 0.109 e. The Balaban J connectivity index is 2.57. The van der Waals surface area contributed by atoms with E-state index in [1.807, 2.05) is 24.3 Å². The summed E-state index contributed by atoms with van der Waals surface area (Å²) in [6.07, 6.45) is 1.74. The Morgan fingerprint density at radius 3 is 3.00 bits per heavy atom. The van der Waals surface area contributed by atoms with Crippen molar-refractivity contribution in [2.24, 2.45) is 0 Å². The maximum Gasteiger partial charge on any atom is 0.109 e. The van der Waals surface area contributed by atoms with Gasteiger partial charge in [-0.1, -0.05) is 18.2 Å². The van der Waals surface area contributed by atoms with E-state index in [0.29, 0.717) is 0 Å². The van der Waals surface area contributed by atoms with E-state index in [1.54, 1.807) is 6.20 Å². The van der Waals surface area contributed by atoms with Gasteiger partial charge in [-0.15, -0.1) is 0 Å². The highest BCUT2D eigenvalue weighted by Crippen LogP contribution is 2.16. The normalized spacial score (nSPS) is 11.1. The summed E-state index contributed by atoms with van der Waals surface area (Å²) in [5, 5.41) is 7.97. The Bertz CT molecular complexity index is 519. The van der Waals surface area contributed by atoms with Crippen LogP contribution in [-0.2, 0) is 0 Å². The number of aromatic nitrogens is 3. The van der Waals surface area contributed by atoms with Gasteiger partial charge >= 0.3 is 0 Å². The van der Waals surface area contributed by atoms with Crippen molar-refractivity contribution < 1.29 is 0 Å². The van der Waals surface area contributed by atoms with Crippen molar-refractivity contribution in [3.63, 3.8) is 0 Å². The molecule has 13 heavy (non-hydrogen) atoms. The highest BCUT2D eigenvalue weighted by atomic mass is 15.1. The summed E-state index contributed by atoms with van der Waals surface area (Å²) < 4.78 is 0. The second kappa shape index (κ2) is 2.29. The molecule has 0 fully saturated rings. The van der Waals surface area contributed by atoms with Gasteiger partial charge in [-0.25, -0.2) is 4.98 Å². The molecule has 0 radical (unpaired) electrons. The minimum absolute atomic E-state index is 0.915. The first-order chi connectivity index (χ1) is 6.43. The van der Waals surface area contributed by atoms with Crippen LogP contribution >= 0.6 is 0 Å². The zero-order chi connectivity index (χ0) is 8.67. The predicted octanol–water partition coefficient (Wildman–Crippen LogP) is 2.11. The maximum atomic E-state index is 4.44. The summed E-state index contributed by atoms with van der Waals surface area (Å²) in [5.41, 5.74) is 2.91. The van der Waals surface area contributed by atoms with Crippen LogP contribution in [0.3, 0.4) is 0 Å². The van der Waals surface area contributed by atoms with Gasteiger partial charge < -0.3 is 0 Å². The van der Waals surface area contributed by atoms with Crippen LogP contribution in [0.15, 0.2) is 36.5 Å². The van der Waals surface area contributed by atoms with Crippen molar-refractivity contribution in [3.8, 4) is 0 Å². The van der Waals surface area contributed by atoms with E-state index in [9.17, 15) is 0 Å². The zero-order valence-corrected chi connectivity index (χ0v) is 6.86. The van der Waals surface area contributed by atoms with Gasteiger partial charge in [-0.05, 0) is 12.1 Å². The third kappa shape index (κ3) is 0.902. The monoisotopic (exact) mass is 169 g/mol. The largest absolute Gasteiger partial charge is 0.276 e. The van der Waals surface area contributed by atoms with Gasteiger partial charge in [-0.3, -0.25) is 5.10 Å². The number of H-pyrrole nitrogens is 1. The molecule has 1 N–H and O–H groups in total. The molecule has 0 atom stereocenters. The van der Waals surface area contributed by atoms with Gasteiger partial charge in [0, 0.05) is 5.39 Å². The number of hydrogen-bond acceptors (Lipinski definition) is 2. The van der Waals surface area contributed by atoms with Crippen LogP contribution in [-0.4, -0.2) is 15.2 Å². The lowest BCUT2D eigenvalue weighted by atomic mass is 10.2. The molecule has 0 amide bonds. The quantitative estimate of drug-likeness (QED) is 0.560. The van der Waals surface area contributed by atoms with Gasteiger partial charge in [0.1, 0.15) is 5.52 Å². The molecule has 0 unspecified atom stereocenters. The van der Waals surface area contributed by atoms with Crippen LogP contribution in [0.2, 0.25) is 0 Å². The molecular formula is C10H7N3. The summed E-state index contributed by atoms with van der Waals surface area (Å²) in [5.74, 6) is 0. The van der Waals surface area contributed by atoms with Crippen LogP contribution in [0.1, 0.15) is 0 Å². The Labute approximate surface area is 74.4 Å². The first kappa shape index (κ1) is 6.60. The van der Waals surface area contributed by atoms with Crippen LogP contribution < -0.4 is 0 Å². The first-order valence-corrected chi connectivity index (χ1v) is 4.12. The summed E-state index contributed by atoms with van der Waals surface area (Å²) in [6, 6.07) is 10.1. The molecule has 1 aromatic carbocycles. The molecule has 0 aliphatic rings. The third-order valence-electron chi connectivity index (χ3n) is 2.13. The topological polar surface area (TPSA) is 41.6 Å².